The van der Waals surface area contributed by atoms with Gasteiger partial charge in [-0.25, -0.2) is 19.3 Å². The molecule has 7 rings (SSSR count). The van der Waals surface area contributed by atoms with Gasteiger partial charge < -0.3 is 30.0 Å². The molecule has 314 valence electrons. The monoisotopic (exact) mass is 974 g/mol. The third-order valence-electron chi connectivity index (χ3n) is 8.02. The molecule has 6 aromatic rings. The summed E-state index contributed by atoms with van der Waals surface area (Å²) >= 11 is 48.4. The summed E-state index contributed by atoms with van der Waals surface area (Å²) in [5, 5.41) is 23.4. The van der Waals surface area contributed by atoms with Crippen LogP contribution >= 0.6 is 92.8 Å². The van der Waals surface area contributed by atoms with Gasteiger partial charge in [-0.15, -0.1) is 10.2 Å². The highest BCUT2D eigenvalue weighted by Crippen LogP contribution is 2.39. The minimum Gasteiger partial charge on any atom is -0.508 e. The molecule has 0 saturated carbocycles. The van der Waals surface area contributed by atoms with Gasteiger partial charge in [-0.2, -0.15) is 0 Å². The van der Waals surface area contributed by atoms with Crippen LogP contribution in [0.1, 0.15) is 46.7 Å². The molecule has 0 bridgehead atoms. The molecule has 0 aliphatic carbocycles. The van der Waals surface area contributed by atoms with E-state index in [-0.39, 0.29) is 50.9 Å². The highest BCUT2D eigenvalue weighted by atomic mass is 35.6. The topological polar surface area (TPSA) is 168 Å². The lowest BCUT2D eigenvalue weighted by Gasteiger charge is -2.17. The van der Waals surface area contributed by atoms with Crippen molar-refractivity contribution in [3.63, 3.8) is 0 Å². The Balaban J connectivity index is 0.000000209. The third kappa shape index (κ3) is 11.6. The fourth-order valence-corrected chi connectivity index (χ4v) is 6.54. The molecule has 0 radical (unpaired) electrons. The zero-order valence-electron chi connectivity index (χ0n) is 30.9. The van der Waals surface area contributed by atoms with Crippen molar-refractivity contribution in [1.29, 1.82) is 0 Å². The number of carbonyl (C=O) groups is 2. The number of benzene rings is 4. The highest BCUT2D eigenvalue weighted by molar-refractivity contribution is 6.67. The number of phenolic OH excluding ortho intramolecular Hbond substituents is 1. The lowest BCUT2D eigenvalue weighted by molar-refractivity contribution is -0.141. The van der Waals surface area contributed by atoms with E-state index in [0.29, 0.717) is 36.0 Å². The Bertz CT molecular complexity index is 2480. The maximum absolute atomic E-state index is 12.8. The van der Waals surface area contributed by atoms with E-state index in [9.17, 15) is 14.7 Å². The number of alkyl halides is 6. The Morgan fingerprint density at radius 3 is 1.63 bits per heavy atom. The first kappa shape index (κ1) is 45.5. The molecule has 22 heteroatoms. The molecule has 3 N–H and O–H groups in total. The molecule has 1 aliphatic heterocycles. The van der Waals surface area contributed by atoms with Gasteiger partial charge in [-0.05, 0) is 62.4 Å². The average Bonchev–Trinajstić information content (AvgIpc) is 3.94. The van der Waals surface area contributed by atoms with Gasteiger partial charge in [0.2, 0.25) is 19.2 Å². The van der Waals surface area contributed by atoms with E-state index >= 15 is 0 Å². The van der Waals surface area contributed by atoms with E-state index in [2.05, 4.69) is 30.8 Å². The zero-order chi connectivity index (χ0) is 43.4. The first-order valence-electron chi connectivity index (χ1n) is 17.3. The molecule has 1 atom stereocenters. The molecule has 4 aromatic carbocycles. The van der Waals surface area contributed by atoms with E-state index in [4.69, 9.17) is 107 Å². The minimum atomic E-state index is -1.90. The van der Waals surface area contributed by atoms with Crippen LogP contribution in [0.15, 0.2) is 97.1 Å². The van der Waals surface area contributed by atoms with Crippen molar-refractivity contribution in [2.75, 3.05) is 23.8 Å². The summed E-state index contributed by atoms with van der Waals surface area (Å²) < 4.78 is 15.8. The van der Waals surface area contributed by atoms with E-state index in [1.165, 1.54) is 27.6 Å². The van der Waals surface area contributed by atoms with Crippen molar-refractivity contribution < 1.29 is 28.9 Å². The van der Waals surface area contributed by atoms with Gasteiger partial charge in [0.25, 0.3) is 11.8 Å². The molecule has 2 aromatic heterocycles. The lowest BCUT2D eigenvalue weighted by Crippen LogP contribution is -2.25. The van der Waals surface area contributed by atoms with Crippen molar-refractivity contribution in [2.24, 2.45) is 0 Å². The largest absolute Gasteiger partial charge is 0.508 e. The van der Waals surface area contributed by atoms with Crippen LogP contribution in [0.4, 0.5) is 11.4 Å². The Kier molecular flexibility index (Phi) is 14.3. The number of hydrogen-bond acceptors (Lipinski definition) is 10. The van der Waals surface area contributed by atoms with Crippen molar-refractivity contribution in [2.45, 2.75) is 33.3 Å². The molecular weight excluding hydrogens is 948 g/mol. The first-order chi connectivity index (χ1) is 28.3. The lowest BCUT2D eigenvalue weighted by atomic mass is 10.3. The van der Waals surface area contributed by atoms with Gasteiger partial charge in [0.1, 0.15) is 24.2 Å². The van der Waals surface area contributed by atoms with Gasteiger partial charge in [0.05, 0.1) is 39.4 Å². The first-order valence-corrected chi connectivity index (χ1v) is 20.3. The second-order valence-electron chi connectivity index (χ2n) is 13.0. The summed E-state index contributed by atoms with van der Waals surface area (Å²) in [5.74, 6) is -1.87. The van der Waals surface area contributed by atoms with Crippen LogP contribution in [-0.2, 0) is 17.1 Å². The number of carbonyl (C=O) groups excluding carboxylic acids is 2. The highest BCUT2D eigenvalue weighted by Gasteiger charge is 2.35. The van der Waals surface area contributed by atoms with Gasteiger partial charge in [-0.1, -0.05) is 129 Å². The number of amides is 2. The number of aromatic nitrogens is 6. The molecule has 1 saturated heterocycles. The van der Waals surface area contributed by atoms with Crippen molar-refractivity contribution in [3.05, 3.63) is 130 Å². The fraction of sp³-hybridized carbons (Fsp3) is 0.211. The smallest absolute Gasteiger partial charge is 0.295 e. The van der Waals surface area contributed by atoms with Crippen LogP contribution in [0, 0.1) is 0 Å². The number of nitrogens with one attached hydrogen (secondary N) is 2. The number of halogens is 8. The summed E-state index contributed by atoms with van der Waals surface area (Å²) in [4.78, 5) is 33.5. The summed E-state index contributed by atoms with van der Waals surface area (Å²) in [7, 11) is 0. The number of aromatic hydroxyl groups is 1. The summed E-state index contributed by atoms with van der Waals surface area (Å²) in [6.07, 6.45) is -0.189. The van der Waals surface area contributed by atoms with Crippen molar-refractivity contribution >= 4 is 116 Å². The Morgan fingerprint density at radius 1 is 0.750 bits per heavy atom. The quantitative estimate of drug-likeness (QED) is 0.0937. The Labute approximate surface area is 382 Å². The number of anilines is 2. The van der Waals surface area contributed by atoms with Gasteiger partial charge in [0, 0.05) is 12.1 Å². The van der Waals surface area contributed by atoms with Crippen LogP contribution in [-0.4, -0.2) is 71.6 Å². The Hall–Kier alpha value is -4.06. The molecule has 3 heterocycles. The van der Waals surface area contributed by atoms with Gasteiger partial charge in [0.15, 0.2) is 17.4 Å². The molecule has 1 fully saturated rings. The second-order valence-corrected chi connectivity index (χ2v) is 18.4. The minimum absolute atomic E-state index is 0.0232. The van der Waals surface area contributed by atoms with Crippen LogP contribution in [0.2, 0.25) is 10.0 Å². The van der Waals surface area contributed by atoms with E-state index < -0.39 is 25.2 Å². The van der Waals surface area contributed by atoms with Crippen LogP contribution in [0.3, 0.4) is 0 Å². The van der Waals surface area contributed by atoms with Crippen molar-refractivity contribution in [1.82, 2.24) is 29.5 Å². The van der Waals surface area contributed by atoms with Crippen LogP contribution in [0.5, 0.6) is 11.5 Å². The molecule has 1 unspecified atom stereocenters. The molecule has 2 amide bonds. The zero-order valence-corrected chi connectivity index (χ0v) is 37.0. The number of para-hydroxylation sites is 2. The number of ether oxygens (including phenoxy) is 3. The normalized spacial score (nSPS) is 14.9. The molecule has 0 spiro atoms. The number of nitrogens with zero attached hydrogens (tertiary/aromatic N) is 6. The number of phenols is 1. The molecule has 60 heavy (non-hydrogen) atoms. The fourth-order valence-electron chi connectivity index (χ4n) is 5.37. The van der Waals surface area contributed by atoms with Crippen LogP contribution < -0.4 is 15.4 Å². The third-order valence-corrected chi connectivity index (χ3v) is 9.66. The van der Waals surface area contributed by atoms with Crippen molar-refractivity contribution in [3.8, 4) is 22.9 Å². The maximum atomic E-state index is 12.8. The average molecular weight is 978 g/mol. The predicted octanol–water partition coefficient (Wildman–Crippen LogP) is 10.2. The molecule has 1 aliphatic rings. The maximum Gasteiger partial charge on any atom is 0.295 e. The number of rotatable bonds is 9. The summed E-state index contributed by atoms with van der Waals surface area (Å²) in [6.45, 7) is 4.42. The SMILES string of the molecule is CC1(C)OCC(COc2ccc(NC(=O)c3nc(C(Cl)(Cl)Cl)n(-c4ccccc4)n3)c(Cl)c2)O1.O=C(Nc1ccc(O)cc1Cl)c1nc(C(Cl)(Cl)Cl)n(-c2ccccc2)n1. The van der Waals surface area contributed by atoms with E-state index in [0.717, 1.165) is 0 Å². The second kappa shape index (κ2) is 18.9. The van der Waals surface area contributed by atoms with E-state index in [1.54, 1.807) is 66.7 Å². The van der Waals surface area contributed by atoms with Gasteiger partial charge in [-0.3, -0.25) is 9.59 Å². The summed E-state index contributed by atoms with van der Waals surface area (Å²) in [6, 6.07) is 26.7. The standard InChI is InChI=1S/C22H20Cl4N4O4.C16H10Cl4N4O2/c1-21(2)33-12-15(34-21)11-32-14-8-9-17(16(23)10-14)27-19(31)18-28-20(22(24,25)26)30(29-18)13-6-4-3-5-7-13;17-11-8-10(25)6-7-12(11)21-14(26)13-22-15(16(18,19)20)24(23-13)9-4-2-1-3-5-9/h3-10,15H,11-12H2,1-2H3,(H,27,31);1-8,25H,(H,21,26). The summed E-state index contributed by atoms with van der Waals surface area (Å²) in [5.41, 5.74) is 1.77. The van der Waals surface area contributed by atoms with Gasteiger partial charge >= 0.3 is 0 Å². The van der Waals surface area contributed by atoms with Crippen LogP contribution in [0.25, 0.3) is 11.4 Å². The molecular formula is C38H30Cl8N8O6. The Morgan fingerprint density at radius 2 is 1.22 bits per heavy atom. The molecule has 14 nitrogen and oxygen atoms in total. The predicted molar refractivity (Wildman–Crippen MR) is 232 cm³/mol. The number of hydrogen-bond donors (Lipinski definition) is 3. The van der Waals surface area contributed by atoms with E-state index in [1.807, 2.05) is 26.0 Å².